The minimum atomic E-state index is -1.82. The molecule has 5 rings (SSSR count). The van der Waals surface area contributed by atoms with E-state index < -0.39 is 11.1 Å². The van der Waals surface area contributed by atoms with Gasteiger partial charge in [0.2, 0.25) is 11.7 Å². The Morgan fingerprint density at radius 3 is 2.73 bits per heavy atom. The van der Waals surface area contributed by atoms with Crippen LogP contribution in [0.1, 0.15) is 28.0 Å². The number of aryl methyl sites for hydroxylation is 1. The van der Waals surface area contributed by atoms with Crippen LogP contribution in [0.25, 0.3) is 16.6 Å². The predicted octanol–water partition coefficient (Wildman–Crippen LogP) is 6.02. The molecule has 0 spiro atoms. The molecule has 3 heterocycles. The number of carbonyl (C=O) groups excluding carboxylic acids is 1. The lowest BCUT2D eigenvalue weighted by Crippen LogP contribution is -2.20. The second-order valence-electron chi connectivity index (χ2n) is 9.40. The summed E-state index contributed by atoms with van der Waals surface area (Å²) in [6, 6.07) is 14.0. The van der Waals surface area contributed by atoms with Crippen molar-refractivity contribution in [3.63, 3.8) is 0 Å². The highest BCUT2D eigenvalue weighted by atomic mass is 35.5. The number of nitrogens with two attached hydrogens (primary N) is 1. The number of nitrogen functional groups attached to an aromatic ring is 1. The molecule has 3 aromatic heterocycles. The molecule has 0 amide bonds. The van der Waals surface area contributed by atoms with E-state index in [0.717, 1.165) is 22.2 Å². The van der Waals surface area contributed by atoms with Gasteiger partial charge >= 0.3 is 0 Å². The molecule has 0 bridgehead atoms. The first kappa shape index (κ1) is 28.6. The van der Waals surface area contributed by atoms with Crippen LogP contribution in [0, 0.1) is 6.92 Å². The molecule has 1 atom stereocenters. The molecule has 13 heteroatoms. The van der Waals surface area contributed by atoms with Crippen molar-refractivity contribution < 1.29 is 18.3 Å². The number of hydrogen-bond donors (Lipinski definition) is 3. The number of pyridine rings is 1. The van der Waals surface area contributed by atoms with E-state index in [2.05, 4.69) is 15.1 Å². The molecule has 0 radical (unpaired) electrons. The van der Waals surface area contributed by atoms with Crippen molar-refractivity contribution >= 4 is 62.5 Å². The van der Waals surface area contributed by atoms with Gasteiger partial charge in [0.15, 0.2) is 11.1 Å². The van der Waals surface area contributed by atoms with Crippen LogP contribution in [0.2, 0.25) is 10.0 Å². The average molecular weight is 614 g/mol. The fourth-order valence-corrected chi connectivity index (χ4v) is 5.30. The monoisotopic (exact) mass is 612 g/mol. The Labute approximate surface area is 248 Å². The van der Waals surface area contributed by atoms with Crippen molar-refractivity contribution in [2.75, 3.05) is 30.0 Å². The Bertz CT molecular complexity index is 1790. The topological polar surface area (TPSA) is 139 Å². The van der Waals surface area contributed by atoms with Crippen molar-refractivity contribution in [3.8, 4) is 17.3 Å². The number of benzene rings is 2. The van der Waals surface area contributed by atoms with E-state index in [4.69, 9.17) is 38.2 Å². The summed E-state index contributed by atoms with van der Waals surface area (Å²) >= 11 is 10.8. The molecular formula is C28H26Cl2N6O4S. The van der Waals surface area contributed by atoms with Crippen molar-refractivity contribution in [3.05, 3.63) is 87.8 Å². The Balaban J connectivity index is 1.37. The summed E-state index contributed by atoms with van der Waals surface area (Å²) in [5.74, 6) is 0.698. The van der Waals surface area contributed by atoms with E-state index in [1.807, 2.05) is 31.0 Å². The summed E-state index contributed by atoms with van der Waals surface area (Å²) in [6.07, 6.45) is 3.55. The summed E-state index contributed by atoms with van der Waals surface area (Å²) in [4.78, 5) is 22.8. The van der Waals surface area contributed by atoms with E-state index in [1.165, 1.54) is 10.9 Å². The van der Waals surface area contributed by atoms with Gasteiger partial charge in [0.05, 0.1) is 33.9 Å². The highest BCUT2D eigenvalue weighted by Gasteiger charge is 2.21. The van der Waals surface area contributed by atoms with Gasteiger partial charge in [-0.25, -0.2) is 13.9 Å². The number of anilines is 2. The van der Waals surface area contributed by atoms with Crippen molar-refractivity contribution in [2.45, 2.75) is 13.3 Å². The fraction of sp³-hybridized carbons (Fsp3) is 0.179. The van der Waals surface area contributed by atoms with Gasteiger partial charge in [-0.3, -0.25) is 4.79 Å². The predicted molar refractivity (Wildman–Crippen MR) is 162 cm³/mol. The molecule has 0 saturated carbocycles. The van der Waals surface area contributed by atoms with E-state index in [1.54, 1.807) is 42.6 Å². The molecule has 0 aliphatic heterocycles. The van der Waals surface area contributed by atoms with Crippen molar-refractivity contribution in [2.24, 2.45) is 0 Å². The number of ketones is 1. The number of halogens is 2. The number of aromatic amines is 1. The van der Waals surface area contributed by atoms with Crippen molar-refractivity contribution in [1.29, 1.82) is 0 Å². The maximum Gasteiger partial charge on any atom is 0.238 e. The smallest absolute Gasteiger partial charge is 0.238 e. The molecule has 0 aliphatic rings. The number of aromatic nitrogens is 4. The Kier molecular flexibility index (Phi) is 8.32. The van der Waals surface area contributed by atoms with E-state index in [9.17, 15) is 9.00 Å². The lowest BCUT2D eigenvalue weighted by Gasteiger charge is -2.21. The van der Waals surface area contributed by atoms with E-state index in [-0.39, 0.29) is 28.8 Å². The highest BCUT2D eigenvalue weighted by Crippen LogP contribution is 2.33. The molecule has 212 valence electrons. The molecule has 0 aliphatic carbocycles. The van der Waals surface area contributed by atoms with Crippen LogP contribution in [0.5, 0.6) is 11.6 Å². The highest BCUT2D eigenvalue weighted by molar-refractivity contribution is 7.79. The van der Waals surface area contributed by atoms with E-state index in [0.29, 0.717) is 40.1 Å². The third-order valence-corrected chi connectivity index (χ3v) is 7.77. The summed E-state index contributed by atoms with van der Waals surface area (Å²) in [6.45, 7) is 2.60. The number of carbonyl (C=O) groups is 1. The van der Waals surface area contributed by atoms with Gasteiger partial charge in [0.1, 0.15) is 16.6 Å². The van der Waals surface area contributed by atoms with Gasteiger partial charge in [-0.05, 0) is 61.4 Å². The van der Waals surface area contributed by atoms with Crippen LogP contribution < -0.4 is 15.4 Å². The van der Waals surface area contributed by atoms with Gasteiger partial charge in [0, 0.05) is 42.4 Å². The molecule has 5 aromatic rings. The van der Waals surface area contributed by atoms with E-state index >= 15 is 0 Å². The zero-order valence-electron chi connectivity index (χ0n) is 22.1. The number of hydrogen-bond acceptors (Lipinski definition) is 7. The minimum Gasteiger partial charge on any atom is -0.437 e. The molecule has 1 unspecified atom stereocenters. The first-order valence-electron chi connectivity index (χ1n) is 12.5. The standard InChI is InChI=1S/C28H26Cl2N6O4S/c1-16-11-17-12-23(34-22(17)14-25(16)35(2)9-4-10-41(38)39)26(37)19-15-33-36(27(19)31)24-7-6-18(13-21(24)30)40-28-20(29)5-3-8-32-28/h3,5-8,11-15,34H,4,9-10,31H2,1-2H3,(H,38,39). The summed E-state index contributed by atoms with van der Waals surface area (Å²) in [7, 11) is 1.93. The fourth-order valence-electron chi connectivity index (χ4n) is 4.51. The maximum absolute atomic E-state index is 13.5. The van der Waals surface area contributed by atoms with Gasteiger partial charge in [-0.15, -0.1) is 0 Å². The quantitative estimate of drug-likeness (QED) is 0.128. The molecule has 0 fully saturated rings. The van der Waals surface area contributed by atoms with Crippen LogP contribution in [0.4, 0.5) is 11.5 Å². The minimum absolute atomic E-state index is 0.134. The van der Waals surface area contributed by atoms with Crippen LogP contribution in [-0.4, -0.2) is 53.6 Å². The summed E-state index contributed by atoms with van der Waals surface area (Å²) in [5, 5.41) is 5.85. The SMILES string of the molecule is Cc1cc2cc(C(=O)c3cnn(-c4ccc(Oc5ncccc5Cl)cc4Cl)c3N)[nH]c2cc1N(C)CCCS(=O)O. The van der Waals surface area contributed by atoms with Gasteiger partial charge < -0.3 is 24.9 Å². The van der Waals surface area contributed by atoms with Crippen molar-refractivity contribution in [1.82, 2.24) is 19.7 Å². The van der Waals surface area contributed by atoms with Crippen LogP contribution >= 0.6 is 23.2 Å². The maximum atomic E-state index is 13.5. The lowest BCUT2D eigenvalue weighted by atomic mass is 10.1. The lowest BCUT2D eigenvalue weighted by molar-refractivity contribution is 0.103. The largest absolute Gasteiger partial charge is 0.437 e. The van der Waals surface area contributed by atoms with Gasteiger partial charge in [-0.1, -0.05) is 23.2 Å². The molecule has 4 N–H and O–H groups in total. The van der Waals surface area contributed by atoms with Gasteiger partial charge in [-0.2, -0.15) is 5.10 Å². The summed E-state index contributed by atoms with van der Waals surface area (Å²) < 4.78 is 27.1. The molecule has 2 aromatic carbocycles. The molecule has 41 heavy (non-hydrogen) atoms. The Morgan fingerprint density at radius 2 is 2.00 bits per heavy atom. The molecule has 0 saturated heterocycles. The van der Waals surface area contributed by atoms with Gasteiger partial charge in [0.25, 0.3) is 0 Å². The average Bonchev–Trinajstić information content (AvgIpc) is 3.52. The number of rotatable bonds is 10. The third-order valence-electron chi connectivity index (χ3n) is 6.54. The number of H-pyrrole nitrogens is 1. The number of nitrogens with zero attached hydrogens (tertiary/aromatic N) is 4. The van der Waals surface area contributed by atoms with Crippen LogP contribution in [0.3, 0.4) is 0 Å². The Hall–Kier alpha value is -3.90. The first-order chi connectivity index (χ1) is 19.6. The normalized spacial score (nSPS) is 12.0. The first-order valence-corrected chi connectivity index (χ1v) is 14.5. The van der Waals surface area contributed by atoms with Crippen LogP contribution in [-0.2, 0) is 11.1 Å². The van der Waals surface area contributed by atoms with Crippen LogP contribution in [0.15, 0.2) is 60.9 Å². The second-order valence-corrected chi connectivity index (χ2v) is 11.3. The Morgan fingerprint density at radius 1 is 1.20 bits per heavy atom. The zero-order valence-corrected chi connectivity index (χ0v) is 24.4. The second kappa shape index (κ2) is 11.9. The molecule has 10 nitrogen and oxygen atoms in total. The number of ether oxygens (including phenoxy) is 1. The summed E-state index contributed by atoms with van der Waals surface area (Å²) in [5.41, 5.74) is 10.2. The molecular weight excluding hydrogens is 587 g/mol. The number of nitrogens with one attached hydrogen (secondary N) is 1. The zero-order chi connectivity index (χ0) is 29.3. The number of fused-ring (bicyclic) bond motifs is 1. The third kappa shape index (κ3) is 6.08.